The number of hydrogen-bond donors (Lipinski definition) is 3. The summed E-state index contributed by atoms with van der Waals surface area (Å²) >= 11 is 18.8. The van der Waals surface area contributed by atoms with Crippen molar-refractivity contribution in [2.45, 2.75) is 57.9 Å². The molecule has 1 saturated carbocycles. The molecular weight excluding hydrogens is 521 g/mol. The first-order valence-electron chi connectivity index (χ1n) is 12.7. The standard InChI is InChI=1S/C26H34Cl3N5O2/c1-15(20-6-5-18(27)8-21(20)28)31-23-22(29)11-30-25(32-23)34-13-17(14-34)16-4-3-7-33(12-16)19-9-26(2,10-19)24(35)36/h5-6,8,11,15-17,19,24,35-36H,3-4,7,9-10,12-14H2,1-2H3,(H,30,31,32)/t15-,16+,19?,26?/m1/s1. The van der Waals surface area contributed by atoms with E-state index in [2.05, 4.69) is 20.1 Å². The lowest BCUT2D eigenvalue weighted by Crippen LogP contribution is -2.59. The lowest BCUT2D eigenvalue weighted by molar-refractivity contribution is -0.183. The van der Waals surface area contributed by atoms with Gasteiger partial charge in [-0.1, -0.05) is 47.8 Å². The third kappa shape index (κ3) is 5.29. The SMILES string of the molecule is C[C@@H](Nc1nc(N2CC([C@H]3CCCN(C4CC(C)(C(O)O)C4)C3)C2)ncc1Cl)c1ccc(Cl)cc1Cl. The van der Waals surface area contributed by atoms with Gasteiger partial charge < -0.3 is 25.3 Å². The van der Waals surface area contributed by atoms with Gasteiger partial charge in [0.25, 0.3) is 0 Å². The molecule has 1 aliphatic carbocycles. The Morgan fingerprint density at radius 3 is 2.53 bits per heavy atom. The predicted octanol–water partition coefficient (Wildman–Crippen LogP) is 5.24. The maximum absolute atomic E-state index is 9.63. The number of benzene rings is 1. The van der Waals surface area contributed by atoms with Crippen LogP contribution in [0.5, 0.6) is 0 Å². The van der Waals surface area contributed by atoms with Gasteiger partial charge in [0.2, 0.25) is 5.95 Å². The van der Waals surface area contributed by atoms with Crippen molar-refractivity contribution in [1.29, 1.82) is 0 Å². The van der Waals surface area contributed by atoms with E-state index in [-0.39, 0.29) is 11.5 Å². The van der Waals surface area contributed by atoms with E-state index >= 15 is 0 Å². The van der Waals surface area contributed by atoms with Gasteiger partial charge in [-0.15, -0.1) is 0 Å². The molecule has 2 aromatic rings. The first-order valence-corrected chi connectivity index (χ1v) is 13.9. The fourth-order valence-electron chi connectivity index (χ4n) is 5.96. The summed E-state index contributed by atoms with van der Waals surface area (Å²) in [6.45, 7) is 8.06. The van der Waals surface area contributed by atoms with Crippen LogP contribution in [0.4, 0.5) is 11.8 Å². The van der Waals surface area contributed by atoms with Crippen molar-refractivity contribution in [3.8, 4) is 0 Å². The number of aliphatic hydroxyl groups excluding tert-OH is 1. The van der Waals surface area contributed by atoms with Crippen LogP contribution in [0.15, 0.2) is 24.4 Å². The number of nitrogens with one attached hydrogen (secondary N) is 1. The van der Waals surface area contributed by atoms with Crippen molar-refractivity contribution in [3.05, 3.63) is 45.0 Å². The number of aliphatic hydroxyl groups is 2. The molecule has 7 nitrogen and oxygen atoms in total. The van der Waals surface area contributed by atoms with E-state index in [0.717, 1.165) is 44.6 Å². The van der Waals surface area contributed by atoms with Crippen molar-refractivity contribution < 1.29 is 10.2 Å². The molecule has 2 atom stereocenters. The molecule has 5 rings (SSSR count). The number of anilines is 2. The monoisotopic (exact) mass is 553 g/mol. The normalized spacial score (nSPS) is 28.1. The van der Waals surface area contributed by atoms with E-state index in [4.69, 9.17) is 39.8 Å². The lowest BCUT2D eigenvalue weighted by atomic mass is 9.65. The molecule has 36 heavy (non-hydrogen) atoms. The quantitative estimate of drug-likeness (QED) is 0.404. The van der Waals surface area contributed by atoms with Crippen molar-refractivity contribution in [2.24, 2.45) is 17.3 Å². The third-order valence-electron chi connectivity index (χ3n) is 8.41. The molecule has 0 amide bonds. The fourth-order valence-corrected chi connectivity index (χ4v) is 6.68. The van der Waals surface area contributed by atoms with Gasteiger partial charge >= 0.3 is 0 Å². The highest BCUT2D eigenvalue weighted by molar-refractivity contribution is 6.35. The Morgan fingerprint density at radius 1 is 1.08 bits per heavy atom. The molecule has 2 saturated heterocycles. The van der Waals surface area contributed by atoms with Crippen LogP contribution < -0.4 is 10.2 Å². The Hall–Kier alpha value is -1.35. The van der Waals surface area contributed by atoms with E-state index in [0.29, 0.717) is 44.7 Å². The van der Waals surface area contributed by atoms with E-state index < -0.39 is 6.29 Å². The molecule has 0 unspecified atom stereocenters. The maximum atomic E-state index is 9.63. The Morgan fingerprint density at radius 2 is 1.83 bits per heavy atom. The molecule has 2 aliphatic heterocycles. The van der Waals surface area contributed by atoms with Gasteiger partial charge in [0.15, 0.2) is 12.1 Å². The minimum absolute atomic E-state index is 0.104. The topological polar surface area (TPSA) is 84.8 Å². The summed E-state index contributed by atoms with van der Waals surface area (Å²) in [6.07, 6.45) is 4.60. The molecule has 1 aromatic carbocycles. The van der Waals surface area contributed by atoms with Gasteiger partial charge in [-0.05, 0) is 68.7 Å². The predicted molar refractivity (Wildman–Crippen MR) is 145 cm³/mol. The Kier molecular flexibility index (Phi) is 7.61. The van der Waals surface area contributed by atoms with E-state index in [9.17, 15) is 10.2 Å². The van der Waals surface area contributed by atoms with Gasteiger partial charge in [0.05, 0.1) is 12.2 Å². The summed E-state index contributed by atoms with van der Waals surface area (Å²) in [6, 6.07) is 5.82. The number of piperidine rings is 1. The molecule has 0 radical (unpaired) electrons. The second kappa shape index (κ2) is 10.4. The summed E-state index contributed by atoms with van der Waals surface area (Å²) in [7, 11) is 0. The van der Waals surface area contributed by atoms with Gasteiger partial charge in [-0.25, -0.2) is 4.98 Å². The third-order valence-corrected chi connectivity index (χ3v) is 9.24. The Labute approximate surface area is 227 Å². The van der Waals surface area contributed by atoms with Crippen molar-refractivity contribution in [1.82, 2.24) is 14.9 Å². The number of nitrogens with zero attached hydrogens (tertiary/aromatic N) is 4. The summed E-state index contributed by atoms with van der Waals surface area (Å²) in [5, 5.41) is 24.3. The number of halogens is 3. The summed E-state index contributed by atoms with van der Waals surface area (Å²) in [5.41, 5.74) is 0.572. The van der Waals surface area contributed by atoms with Crippen molar-refractivity contribution in [2.75, 3.05) is 36.4 Å². The highest BCUT2D eigenvalue weighted by atomic mass is 35.5. The molecule has 0 bridgehead atoms. The molecule has 1 aromatic heterocycles. The smallest absolute Gasteiger partial charge is 0.227 e. The molecule has 196 valence electrons. The van der Waals surface area contributed by atoms with Crippen LogP contribution in [0.2, 0.25) is 15.1 Å². The lowest BCUT2D eigenvalue weighted by Gasteiger charge is -2.54. The Balaban J connectivity index is 1.17. The molecule has 3 aliphatic rings. The first-order chi connectivity index (χ1) is 17.1. The van der Waals surface area contributed by atoms with Gasteiger partial charge in [-0.2, -0.15) is 4.98 Å². The molecule has 3 fully saturated rings. The molecular formula is C26H34Cl3N5O2. The van der Waals surface area contributed by atoms with Crippen LogP contribution >= 0.6 is 34.8 Å². The summed E-state index contributed by atoms with van der Waals surface area (Å²) in [5.74, 6) is 2.54. The summed E-state index contributed by atoms with van der Waals surface area (Å²) < 4.78 is 0. The van der Waals surface area contributed by atoms with Crippen LogP contribution in [0, 0.1) is 17.3 Å². The van der Waals surface area contributed by atoms with Crippen molar-refractivity contribution >= 4 is 46.6 Å². The van der Waals surface area contributed by atoms with Crippen LogP contribution in [0.3, 0.4) is 0 Å². The zero-order valence-electron chi connectivity index (χ0n) is 20.7. The van der Waals surface area contributed by atoms with Crippen molar-refractivity contribution in [3.63, 3.8) is 0 Å². The average molecular weight is 555 g/mol. The molecule has 0 spiro atoms. The number of aromatic nitrogens is 2. The number of likely N-dealkylation sites (tertiary alicyclic amines) is 1. The highest BCUT2D eigenvalue weighted by Crippen LogP contribution is 2.47. The molecule has 3 heterocycles. The van der Waals surface area contributed by atoms with Crippen LogP contribution in [-0.4, -0.2) is 63.6 Å². The van der Waals surface area contributed by atoms with Gasteiger partial charge in [-0.3, -0.25) is 0 Å². The zero-order valence-corrected chi connectivity index (χ0v) is 22.9. The Bertz CT molecular complexity index is 1090. The first kappa shape index (κ1) is 26.3. The van der Waals surface area contributed by atoms with Crippen LogP contribution in [0.1, 0.15) is 51.1 Å². The maximum Gasteiger partial charge on any atom is 0.227 e. The number of hydrogen-bond acceptors (Lipinski definition) is 7. The second-order valence-corrected chi connectivity index (χ2v) is 12.3. The second-order valence-electron chi connectivity index (χ2n) is 11.1. The van der Waals surface area contributed by atoms with E-state index in [1.54, 1.807) is 12.3 Å². The van der Waals surface area contributed by atoms with Crippen LogP contribution in [0.25, 0.3) is 0 Å². The number of rotatable bonds is 7. The summed E-state index contributed by atoms with van der Waals surface area (Å²) in [4.78, 5) is 14.0. The van der Waals surface area contributed by atoms with Gasteiger partial charge in [0.1, 0.15) is 5.02 Å². The molecule has 3 N–H and O–H groups in total. The average Bonchev–Trinajstić information content (AvgIpc) is 2.78. The minimum atomic E-state index is -1.22. The fraction of sp³-hybridized carbons (Fsp3) is 0.615. The minimum Gasteiger partial charge on any atom is -0.368 e. The van der Waals surface area contributed by atoms with E-state index in [1.807, 2.05) is 26.0 Å². The van der Waals surface area contributed by atoms with E-state index in [1.165, 1.54) is 12.8 Å². The zero-order chi connectivity index (χ0) is 25.6. The van der Waals surface area contributed by atoms with Crippen LogP contribution in [-0.2, 0) is 0 Å². The largest absolute Gasteiger partial charge is 0.368 e. The molecule has 10 heteroatoms. The highest BCUT2D eigenvalue weighted by Gasteiger charge is 2.48. The van der Waals surface area contributed by atoms with Gasteiger partial charge in [0, 0.05) is 41.1 Å².